The van der Waals surface area contributed by atoms with Gasteiger partial charge in [0, 0.05) is 6.42 Å². The number of hydrogen-bond acceptors (Lipinski definition) is 3. The molecule has 0 amide bonds. The molecule has 0 aliphatic carbocycles. The lowest BCUT2D eigenvalue weighted by molar-refractivity contribution is -0.125. The number of allylic oxidation sites excluding steroid dienone is 1. The van der Waals surface area contributed by atoms with Crippen molar-refractivity contribution in [1.29, 1.82) is 0 Å². The van der Waals surface area contributed by atoms with E-state index in [0.29, 0.717) is 6.42 Å². The average Bonchev–Trinajstić information content (AvgIpc) is 2.27. The predicted octanol–water partition coefficient (Wildman–Crippen LogP) is 1.68. The number of hydrogen-bond donors (Lipinski definition) is 1. The van der Waals surface area contributed by atoms with Crippen LogP contribution in [0.25, 0.3) is 0 Å². The third kappa shape index (κ3) is 5.09. The molecule has 3 heteroatoms. The quantitative estimate of drug-likeness (QED) is 0.679. The molecule has 0 radical (unpaired) electrons. The Labute approximate surface area is 91.9 Å². The van der Waals surface area contributed by atoms with Crippen molar-refractivity contribution in [2.45, 2.75) is 38.7 Å². The number of nitrogens with one attached hydrogen (secondary N) is 1. The van der Waals surface area contributed by atoms with Crippen LogP contribution in [-0.4, -0.2) is 31.6 Å². The molecule has 0 atom stereocenters. The summed E-state index contributed by atoms with van der Waals surface area (Å²) in [6, 6.07) is 0. The van der Waals surface area contributed by atoms with Gasteiger partial charge in [-0.15, -0.1) is 0 Å². The van der Waals surface area contributed by atoms with Crippen LogP contribution in [0, 0.1) is 0 Å². The van der Waals surface area contributed by atoms with E-state index in [4.69, 9.17) is 4.74 Å². The van der Waals surface area contributed by atoms with Crippen molar-refractivity contribution in [2.75, 3.05) is 19.7 Å². The van der Waals surface area contributed by atoms with Gasteiger partial charge in [-0.2, -0.15) is 0 Å². The Morgan fingerprint density at radius 1 is 1.47 bits per heavy atom. The SMILES string of the molecule is C=C(CC)CC(=O)COC1CCNCC1. The Hall–Kier alpha value is -0.670. The molecule has 15 heavy (non-hydrogen) atoms. The fourth-order valence-electron chi connectivity index (χ4n) is 1.63. The fraction of sp³-hybridized carbons (Fsp3) is 0.750. The third-order valence-electron chi connectivity index (χ3n) is 2.71. The highest BCUT2D eigenvalue weighted by Gasteiger charge is 2.14. The number of ether oxygens (including phenoxy) is 1. The molecule has 1 heterocycles. The Bertz CT molecular complexity index is 220. The van der Waals surface area contributed by atoms with Crippen LogP contribution in [-0.2, 0) is 9.53 Å². The minimum Gasteiger partial charge on any atom is -0.370 e. The molecule has 1 N–H and O–H groups in total. The second-order valence-electron chi connectivity index (χ2n) is 4.08. The maximum atomic E-state index is 11.5. The molecule has 3 nitrogen and oxygen atoms in total. The Balaban J connectivity index is 2.12. The zero-order chi connectivity index (χ0) is 11.1. The molecule has 0 unspecified atom stereocenters. The van der Waals surface area contributed by atoms with Crippen molar-refractivity contribution in [2.24, 2.45) is 0 Å². The topological polar surface area (TPSA) is 38.3 Å². The van der Waals surface area contributed by atoms with Gasteiger partial charge in [-0.05, 0) is 32.4 Å². The van der Waals surface area contributed by atoms with Gasteiger partial charge in [0.2, 0.25) is 0 Å². The number of carbonyl (C=O) groups excluding carboxylic acids is 1. The molecule has 0 saturated carbocycles. The molecule has 1 aliphatic rings. The molecule has 1 aliphatic heterocycles. The van der Waals surface area contributed by atoms with Crippen molar-refractivity contribution in [1.82, 2.24) is 5.32 Å². The fourth-order valence-corrected chi connectivity index (χ4v) is 1.63. The molecule has 0 spiro atoms. The van der Waals surface area contributed by atoms with Crippen LogP contribution >= 0.6 is 0 Å². The highest BCUT2D eigenvalue weighted by Crippen LogP contribution is 2.09. The Morgan fingerprint density at radius 3 is 2.73 bits per heavy atom. The van der Waals surface area contributed by atoms with Crippen molar-refractivity contribution in [3.8, 4) is 0 Å². The number of piperidine rings is 1. The van der Waals surface area contributed by atoms with Gasteiger partial charge in [0.05, 0.1) is 6.10 Å². The summed E-state index contributed by atoms with van der Waals surface area (Å²) in [5, 5.41) is 3.26. The number of carbonyl (C=O) groups is 1. The first-order chi connectivity index (χ1) is 7.22. The summed E-state index contributed by atoms with van der Waals surface area (Å²) in [4.78, 5) is 11.5. The van der Waals surface area contributed by atoms with Gasteiger partial charge in [-0.25, -0.2) is 0 Å². The van der Waals surface area contributed by atoms with E-state index in [1.807, 2.05) is 6.92 Å². The van der Waals surface area contributed by atoms with E-state index >= 15 is 0 Å². The van der Waals surface area contributed by atoms with Crippen LogP contribution in [0.5, 0.6) is 0 Å². The molecule has 0 aromatic heterocycles. The van der Waals surface area contributed by atoms with E-state index in [0.717, 1.165) is 37.9 Å². The molecular formula is C12H21NO2. The van der Waals surface area contributed by atoms with Crippen LogP contribution in [0.1, 0.15) is 32.6 Å². The van der Waals surface area contributed by atoms with Gasteiger partial charge < -0.3 is 10.1 Å². The van der Waals surface area contributed by atoms with E-state index < -0.39 is 0 Å². The largest absolute Gasteiger partial charge is 0.370 e. The first-order valence-electron chi connectivity index (χ1n) is 5.73. The molecular weight excluding hydrogens is 190 g/mol. The van der Waals surface area contributed by atoms with E-state index in [1.165, 1.54) is 0 Å². The minimum atomic E-state index is 0.153. The summed E-state index contributed by atoms with van der Waals surface area (Å²) in [6.45, 7) is 8.09. The monoisotopic (exact) mass is 211 g/mol. The predicted molar refractivity (Wildman–Crippen MR) is 60.9 cm³/mol. The maximum absolute atomic E-state index is 11.5. The van der Waals surface area contributed by atoms with Gasteiger partial charge in [0.1, 0.15) is 6.61 Å². The maximum Gasteiger partial charge on any atom is 0.162 e. The van der Waals surface area contributed by atoms with Crippen molar-refractivity contribution < 1.29 is 9.53 Å². The summed E-state index contributed by atoms with van der Waals surface area (Å²) in [5.74, 6) is 0.153. The lowest BCUT2D eigenvalue weighted by Gasteiger charge is -2.22. The van der Waals surface area contributed by atoms with Crippen LogP contribution in [0.4, 0.5) is 0 Å². The molecule has 0 bridgehead atoms. The normalized spacial score (nSPS) is 17.7. The standard InChI is InChI=1S/C12H21NO2/c1-3-10(2)8-11(14)9-15-12-4-6-13-7-5-12/h12-13H,2-9H2,1H3. The van der Waals surface area contributed by atoms with E-state index in [1.54, 1.807) is 0 Å². The zero-order valence-electron chi connectivity index (χ0n) is 9.55. The first kappa shape index (κ1) is 12.4. The summed E-state index contributed by atoms with van der Waals surface area (Å²) in [6.07, 6.45) is 3.65. The Kier molecular flexibility index (Phi) is 5.58. The number of rotatable bonds is 6. The summed E-state index contributed by atoms with van der Waals surface area (Å²) in [5.41, 5.74) is 0.994. The van der Waals surface area contributed by atoms with Gasteiger partial charge in [-0.1, -0.05) is 19.1 Å². The lowest BCUT2D eigenvalue weighted by Crippen LogP contribution is -2.33. The van der Waals surface area contributed by atoms with Gasteiger partial charge >= 0.3 is 0 Å². The van der Waals surface area contributed by atoms with Crippen molar-refractivity contribution >= 4 is 5.78 Å². The second-order valence-corrected chi connectivity index (χ2v) is 4.08. The van der Waals surface area contributed by atoms with Crippen LogP contribution in [0.2, 0.25) is 0 Å². The van der Waals surface area contributed by atoms with E-state index in [2.05, 4.69) is 11.9 Å². The molecule has 0 aromatic carbocycles. The highest BCUT2D eigenvalue weighted by atomic mass is 16.5. The van der Waals surface area contributed by atoms with Crippen LogP contribution < -0.4 is 5.32 Å². The minimum absolute atomic E-state index is 0.153. The third-order valence-corrected chi connectivity index (χ3v) is 2.71. The molecule has 0 aromatic rings. The van der Waals surface area contributed by atoms with E-state index in [9.17, 15) is 4.79 Å². The number of ketones is 1. The van der Waals surface area contributed by atoms with Gasteiger partial charge in [-0.3, -0.25) is 4.79 Å². The lowest BCUT2D eigenvalue weighted by atomic mass is 10.1. The summed E-state index contributed by atoms with van der Waals surface area (Å²) >= 11 is 0. The van der Waals surface area contributed by atoms with Gasteiger partial charge in [0.25, 0.3) is 0 Å². The Morgan fingerprint density at radius 2 is 2.13 bits per heavy atom. The summed E-state index contributed by atoms with van der Waals surface area (Å²) in [7, 11) is 0. The van der Waals surface area contributed by atoms with Crippen LogP contribution in [0.3, 0.4) is 0 Å². The molecule has 1 rings (SSSR count). The molecule has 86 valence electrons. The van der Waals surface area contributed by atoms with Crippen molar-refractivity contribution in [3.63, 3.8) is 0 Å². The van der Waals surface area contributed by atoms with Crippen molar-refractivity contribution in [3.05, 3.63) is 12.2 Å². The van der Waals surface area contributed by atoms with Crippen LogP contribution in [0.15, 0.2) is 12.2 Å². The smallest absolute Gasteiger partial charge is 0.162 e. The molecule has 1 fully saturated rings. The number of Topliss-reactive ketones (excluding diaryl/α,β-unsaturated/α-hetero) is 1. The zero-order valence-corrected chi connectivity index (χ0v) is 9.55. The summed E-state index contributed by atoms with van der Waals surface area (Å²) < 4.78 is 5.56. The second kappa shape index (κ2) is 6.75. The highest BCUT2D eigenvalue weighted by molar-refractivity contribution is 5.81. The average molecular weight is 211 g/mol. The van der Waals surface area contributed by atoms with Gasteiger partial charge in [0.15, 0.2) is 5.78 Å². The first-order valence-corrected chi connectivity index (χ1v) is 5.73. The van der Waals surface area contributed by atoms with E-state index in [-0.39, 0.29) is 18.5 Å². The molecule has 1 saturated heterocycles.